The van der Waals surface area contributed by atoms with Crippen molar-refractivity contribution < 1.29 is 9.53 Å². The first-order valence-electron chi connectivity index (χ1n) is 6.61. The molecule has 6 nitrogen and oxygen atoms in total. The van der Waals surface area contributed by atoms with Crippen LogP contribution in [0.4, 0.5) is 0 Å². The first-order valence-corrected chi connectivity index (χ1v) is 7.49. The van der Waals surface area contributed by atoms with E-state index < -0.39 is 0 Å². The van der Waals surface area contributed by atoms with E-state index in [2.05, 4.69) is 14.8 Å². The Morgan fingerprint density at radius 2 is 2.24 bits per heavy atom. The van der Waals surface area contributed by atoms with Gasteiger partial charge in [0.25, 0.3) is 0 Å². The van der Waals surface area contributed by atoms with Crippen molar-refractivity contribution in [3.05, 3.63) is 29.2 Å². The number of fused-ring (bicyclic) bond motifs is 1. The Labute approximate surface area is 126 Å². The summed E-state index contributed by atoms with van der Waals surface area (Å²) in [6.45, 7) is 1.97. The van der Waals surface area contributed by atoms with Gasteiger partial charge in [0.15, 0.2) is 4.96 Å². The predicted octanol–water partition coefficient (Wildman–Crippen LogP) is 2.21. The third-order valence-electron chi connectivity index (χ3n) is 3.39. The van der Waals surface area contributed by atoms with Crippen LogP contribution < -0.4 is 0 Å². The van der Waals surface area contributed by atoms with Gasteiger partial charge in [-0.3, -0.25) is 13.9 Å². The first-order chi connectivity index (χ1) is 10.1. The standard InChI is InChI=1S/C14H16N4O2S/c1-9-11(6-17(2)16-9)12-7-18-10(4-5-13(19)20-3)8-21-14(18)15-12/h6-8H,4-5H2,1-3H3. The highest BCUT2D eigenvalue weighted by molar-refractivity contribution is 7.15. The lowest BCUT2D eigenvalue weighted by molar-refractivity contribution is -0.140. The highest BCUT2D eigenvalue weighted by Crippen LogP contribution is 2.25. The summed E-state index contributed by atoms with van der Waals surface area (Å²) in [4.78, 5) is 16.8. The molecule has 3 aromatic rings. The fraction of sp³-hybridized carbons (Fsp3) is 0.357. The number of imidazole rings is 1. The van der Waals surface area contributed by atoms with Crippen molar-refractivity contribution in [3.8, 4) is 11.3 Å². The maximum atomic E-state index is 11.3. The Morgan fingerprint density at radius 3 is 2.90 bits per heavy atom. The highest BCUT2D eigenvalue weighted by atomic mass is 32.1. The number of aromatic nitrogens is 4. The van der Waals surface area contributed by atoms with Gasteiger partial charge in [-0.05, 0) is 13.3 Å². The third-order valence-corrected chi connectivity index (χ3v) is 4.27. The minimum absolute atomic E-state index is 0.196. The third kappa shape index (κ3) is 2.56. The summed E-state index contributed by atoms with van der Waals surface area (Å²) in [5.74, 6) is -0.196. The fourth-order valence-corrected chi connectivity index (χ4v) is 3.23. The Hall–Kier alpha value is -2.15. The van der Waals surface area contributed by atoms with E-state index in [1.54, 1.807) is 16.0 Å². The molecule has 0 spiro atoms. The normalized spacial score (nSPS) is 11.2. The molecule has 0 unspecified atom stereocenters. The first kappa shape index (κ1) is 13.8. The molecule has 0 saturated carbocycles. The van der Waals surface area contributed by atoms with E-state index in [-0.39, 0.29) is 5.97 Å². The van der Waals surface area contributed by atoms with Crippen LogP contribution in [-0.4, -0.2) is 32.2 Å². The molecule has 0 aliphatic rings. The lowest BCUT2D eigenvalue weighted by Gasteiger charge is -1.98. The van der Waals surface area contributed by atoms with Gasteiger partial charge < -0.3 is 4.74 Å². The Kier molecular flexibility index (Phi) is 3.50. The number of methoxy groups -OCH3 is 1. The minimum atomic E-state index is -0.196. The van der Waals surface area contributed by atoms with E-state index >= 15 is 0 Å². The highest BCUT2D eigenvalue weighted by Gasteiger charge is 2.14. The maximum Gasteiger partial charge on any atom is 0.305 e. The molecular formula is C14H16N4O2S. The molecule has 21 heavy (non-hydrogen) atoms. The maximum absolute atomic E-state index is 11.3. The molecular weight excluding hydrogens is 288 g/mol. The SMILES string of the molecule is COC(=O)CCc1csc2nc(-c3cn(C)nc3C)cn12. The van der Waals surface area contributed by atoms with Crippen LogP contribution in [0.1, 0.15) is 17.8 Å². The molecule has 0 bridgehead atoms. The van der Waals surface area contributed by atoms with Crippen molar-refractivity contribution in [2.75, 3.05) is 7.11 Å². The van der Waals surface area contributed by atoms with Gasteiger partial charge in [0, 0.05) is 36.1 Å². The fourth-order valence-electron chi connectivity index (χ4n) is 2.32. The zero-order valence-corrected chi connectivity index (χ0v) is 13.0. The van der Waals surface area contributed by atoms with E-state index in [0.717, 1.165) is 27.6 Å². The van der Waals surface area contributed by atoms with Gasteiger partial charge in [0.1, 0.15) is 0 Å². The molecule has 0 aromatic carbocycles. The number of esters is 1. The largest absolute Gasteiger partial charge is 0.469 e. The molecule has 0 N–H and O–H groups in total. The number of hydrogen-bond acceptors (Lipinski definition) is 5. The van der Waals surface area contributed by atoms with Gasteiger partial charge in [-0.25, -0.2) is 4.98 Å². The van der Waals surface area contributed by atoms with Crippen LogP contribution in [0.3, 0.4) is 0 Å². The number of rotatable bonds is 4. The summed E-state index contributed by atoms with van der Waals surface area (Å²) in [7, 11) is 3.31. The zero-order chi connectivity index (χ0) is 15.0. The summed E-state index contributed by atoms with van der Waals surface area (Å²) in [6, 6.07) is 0. The summed E-state index contributed by atoms with van der Waals surface area (Å²) < 4.78 is 8.51. The van der Waals surface area contributed by atoms with Crippen LogP contribution in [0.5, 0.6) is 0 Å². The second kappa shape index (κ2) is 5.33. The van der Waals surface area contributed by atoms with E-state index in [0.29, 0.717) is 12.8 Å². The Bertz CT molecular complexity index is 799. The van der Waals surface area contributed by atoms with Crippen molar-refractivity contribution in [3.63, 3.8) is 0 Å². The van der Waals surface area contributed by atoms with Crippen LogP contribution in [0, 0.1) is 6.92 Å². The number of thiazole rings is 1. The number of nitrogens with zero attached hydrogens (tertiary/aromatic N) is 4. The van der Waals surface area contributed by atoms with Gasteiger partial charge >= 0.3 is 5.97 Å². The van der Waals surface area contributed by atoms with Crippen molar-refractivity contribution in [1.82, 2.24) is 19.2 Å². The smallest absolute Gasteiger partial charge is 0.305 e. The average Bonchev–Trinajstić information content (AvgIpc) is 3.10. The summed E-state index contributed by atoms with van der Waals surface area (Å²) >= 11 is 1.57. The Balaban J connectivity index is 1.92. The monoisotopic (exact) mass is 304 g/mol. The van der Waals surface area contributed by atoms with E-state index in [4.69, 9.17) is 0 Å². The average molecular weight is 304 g/mol. The van der Waals surface area contributed by atoms with Crippen LogP contribution in [-0.2, 0) is 23.0 Å². The minimum Gasteiger partial charge on any atom is -0.469 e. The van der Waals surface area contributed by atoms with Crippen molar-refractivity contribution in [1.29, 1.82) is 0 Å². The quantitative estimate of drug-likeness (QED) is 0.693. The number of aryl methyl sites for hydroxylation is 3. The molecule has 0 aliphatic carbocycles. The molecule has 7 heteroatoms. The van der Waals surface area contributed by atoms with Gasteiger partial charge in [0.2, 0.25) is 0 Å². The number of carbonyl (C=O) groups excluding carboxylic acids is 1. The van der Waals surface area contributed by atoms with Crippen molar-refractivity contribution >= 4 is 22.3 Å². The summed E-state index contributed by atoms with van der Waals surface area (Å²) in [5.41, 5.74) is 3.97. The molecule has 0 fully saturated rings. The van der Waals surface area contributed by atoms with Crippen LogP contribution >= 0.6 is 11.3 Å². The molecule has 0 amide bonds. The van der Waals surface area contributed by atoms with Gasteiger partial charge in [-0.1, -0.05) is 0 Å². The van der Waals surface area contributed by atoms with Crippen LogP contribution in [0.15, 0.2) is 17.8 Å². The van der Waals surface area contributed by atoms with Gasteiger partial charge in [-0.2, -0.15) is 5.10 Å². The van der Waals surface area contributed by atoms with Crippen molar-refractivity contribution in [2.24, 2.45) is 7.05 Å². The lowest BCUT2D eigenvalue weighted by atomic mass is 10.2. The predicted molar refractivity (Wildman–Crippen MR) is 80.3 cm³/mol. The molecule has 3 aromatic heterocycles. The second-order valence-electron chi connectivity index (χ2n) is 4.88. The second-order valence-corrected chi connectivity index (χ2v) is 5.72. The molecule has 3 rings (SSSR count). The molecule has 0 aliphatic heterocycles. The van der Waals surface area contributed by atoms with Crippen LogP contribution in [0.25, 0.3) is 16.2 Å². The summed E-state index contributed by atoms with van der Waals surface area (Å²) in [6.07, 6.45) is 4.99. The van der Waals surface area contributed by atoms with E-state index in [9.17, 15) is 4.79 Å². The number of ether oxygens (including phenoxy) is 1. The molecule has 0 atom stereocenters. The van der Waals surface area contributed by atoms with E-state index in [1.165, 1.54) is 7.11 Å². The molecule has 110 valence electrons. The number of carbonyl (C=O) groups is 1. The topological polar surface area (TPSA) is 61.4 Å². The summed E-state index contributed by atoms with van der Waals surface area (Å²) in [5, 5.41) is 6.38. The van der Waals surface area contributed by atoms with Crippen LogP contribution in [0.2, 0.25) is 0 Å². The van der Waals surface area contributed by atoms with Gasteiger partial charge in [0.05, 0.1) is 24.9 Å². The molecule has 3 heterocycles. The molecule has 0 saturated heterocycles. The van der Waals surface area contributed by atoms with Gasteiger partial charge in [-0.15, -0.1) is 11.3 Å². The van der Waals surface area contributed by atoms with E-state index in [1.807, 2.05) is 36.1 Å². The zero-order valence-electron chi connectivity index (χ0n) is 12.2. The lowest BCUT2D eigenvalue weighted by Crippen LogP contribution is -2.02. The number of hydrogen-bond donors (Lipinski definition) is 0. The molecule has 0 radical (unpaired) electrons. The Morgan fingerprint density at radius 1 is 1.43 bits per heavy atom. The van der Waals surface area contributed by atoms with Crippen molar-refractivity contribution in [2.45, 2.75) is 19.8 Å².